The summed E-state index contributed by atoms with van der Waals surface area (Å²) in [4.78, 5) is 4.50. The fourth-order valence-electron chi connectivity index (χ4n) is 2.43. The van der Waals surface area contributed by atoms with E-state index < -0.39 is 10.0 Å². The van der Waals surface area contributed by atoms with Crippen LogP contribution in [0.4, 0.5) is 0 Å². The summed E-state index contributed by atoms with van der Waals surface area (Å²) in [5.41, 5.74) is 2.95. The van der Waals surface area contributed by atoms with Crippen molar-refractivity contribution >= 4 is 21.2 Å². The largest absolute Gasteiger partial charge is 0.243 e. The van der Waals surface area contributed by atoms with Crippen LogP contribution in [0.25, 0.3) is 22.3 Å². The third kappa shape index (κ3) is 2.82. The first-order chi connectivity index (χ1) is 11.1. The van der Waals surface area contributed by atoms with E-state index in [1.165, 1.54) is 4.31 Å². The van der Waals surface area contributed by atoms with Crippen molar-refractivity contribution in [3.8, 4) is 11.1 Å². The highest BCUT2D eigenvalue weighted by Crippen LogP contribution is 2.24. The van der Waals surface area contributed by atoms with Gasteiger partial charge in [0.15, 0.2) is 0 Å². The molecule has 0 unspecified atom stereocenters. The maximum Gasteiger partial charge on any atom is 0.243 e. The van der Waals surface area contributed by atoms with Crippen LogP contribution < -0.4 is 0 Å². The summed E-state index contributed by atoms with van der Waals surface area (Å²) in [6.07, 6.45) is 1.69. The Morgan fingerprint density at radius 2 is 1.74 bits per heavy atom. The molecule has 0 radical (unpaired) electrons. The van der Waals surface area contributed by atoms with Gasteiger partial charge >= 0.3 is 0 Å². The molecular formula is C15H17N5O2S. The average molecular weight is 331 g/mol. The predicted octanol–water partition coefficient (Wildman–Crippen LogP) is 2.05. The maximum absolute atomic E-state index is 12.5. The minimum absolute atomic E-state index is 0.292. The molecule has 1 aromatic carbocycles. The van der Waals surface area contributed by atoms with E-state index in [-0.39, 0.29) is 0 Å². The molecule has 8 heteroatoms. The lowest BCUT2D eigenvalue weighted by molar-refractivity contribution is 0.445. The molecule has 2 heterocycles. The number of nitrogens with zero attached hydrogens (tertiary/aromatic N) is 4. The molecule has 3 aromatic rings. The molecule has 0 fully saturated rings. The summed E-state index contributed by atoms with van der Waals surface area (Å²) in [5.74, 6) is 0. The van der Waals surface area contributed by atoms with Crippen LogP contribution >= 0.6 is 0 Å². The lowest BCUT2D eigenvalue weighted by Gasteiger charge is -2.18. The second-order valence-electron chi connectivity index (χ2n) is 5.00. The Bertz CT molecular complexity index is 914. The Labute approximate surface area is 134 Å². The van der Waals surface area contributed by atoms with Crippen LogP contribution in [0.3, 0.4) is 0 Å². The number of fused-ring (bicyclic) bond motifs is 1. The number of hydrogen-bond acceptors (Lipinski definition) is 5. The Morgan fingerprint density at radius 3 is 2.39 bits per heavy atom. The van der Waals surface area contributed by atoms with Crippen molar-refractivity contribution in [2.75, 3.05) is 13.1 Å². The van der Waals surface area contributed by atoms with Crippen LogP contribution in [0.1, 0.15) is 13.8 Å². The zero-order valence-corrected chi connectivity index (χ0v) is 13.7. The zero-order valence-electron chi connectivity index (χ0n) is 12.9. The normalized spacial score (nSPS) is 12.1. The van der Waals surface area contributed by atoms with Crippen LogP contribution in [-0.2, 0) is 10.0 Å². The minimum Gasteiger partial charge on any atom is -0.233 e. The van der Waals surface area contributed by atoms with E-state index in [4.69, 9.17) is 0 Å². The molecule has 1 N–H and O–H groups in total. The van der Waals surface area contributed by atoms with Gasteiger partial charge < -0.3 is 0 Å². The molecule has 0 spiro atoms. The number of hydrogen-bond donors (Lipinski definition) is 1. The summed E-state index contributed by atoms with van der Waals surface area (Å²) in [7, 11) is -3.44. The van der Waals surface area contributed by atoms with Crippen LogP contribution in [-0.4, -0.2) is 46.2 Å². The molecule has 0 saturated carbocycles. The SMILES string of the molecule is CCN(CC)S(=O)(=O)c1ccc(-c2cnc3n[nH]nc3c2)cc1. The van der Waals surface area contributed by atoms with Crippen molar-refractivity contribution < 1.29 is 8.42 Å². The monoisotopic (exact) mass is 331 g/mol. The van der Waals surface area contributed by atoms with Gasteiger partial charge in [0.05, 0.1) is 4.90 Å². The van der Waals surface area contributed by atoms with E-state index in [1.54, 1.807) is 30.5 Å². The fraction of sp³-hybridized carbons (Fsp3) is 0.267. The van der Waals surface area contributed by atoms with Crippen molar-refractivity contribution in [2.45, 2.75) is 18.7 Å². The van der Waals surface area contributed by atoms with Crippen LogP contribution in [0.2, 0.25) is 0 Å². The van der Waals surface area contributed by atoms with Gasteiger partial charge in [-0.15, -0.1) is 5.10 Å². The molecule has 120 valence electrons. The Kier molecular flexibility index (Phi) is 4.10. The summed E-state index contributed by atoms with van der Waals surface area (Å²) in [6.45, 7) is 4.56. The lowest BCUT2D eigenvalue weighted by Crippen LogP contribution is -2.30. The van der Waals surface area contributed by atoms with Gasteiger partial charge in [-0.2, -0.15) is 14.6 Å². The molecule has 0 atom stereocenters. The van der Waals surface area contributed by atoms with E-state index in [0.29, 0.717) is 29.1 Å². The second kappa shape index (κ2) is 6.05. The standard InChI is InChI=1S/C15H17N5O2S/c1-3-20(4-2)23(21,22)13-7-5-11(6-8-13)12-9-14-15(16-10-12)18-19-17-14/h5-10H,3-4H2,1-2H3,(H,16,17,18,19). The number of aromatic nitrogens is 4. The highest BCUT2D eigenvalue weighted by atomic mass is 32.2. The number of pyridine rings is 1. The van der Waals surface area contributed by atoms with Gasteiger partial charge in [-0.05, 0) is 23.8 Å². The van der Waals surface area contributed by atoms with E-state index in [0.717, 1.165) is 11.1 Å². The number of H-pyrrole nitrogens is 1. The van der Waals surface area contributed by atoms with E-state index in [2.05, 4.69) is 20.4 Å². The number of aromatic amines is 1. The van der Waals surface area contributed by atoms with Crippen molar-refractivity contribution in [3.05, 3.63) is 36.5 Å². The van der Waals surface area contributed by atoms with E-state index in [1.807, 2.05) is 19.9 Å². The zero-order chi connectivity index (χ0) is 16.4. The molecule has 2 aromatic heterocycles. The molecule has 0 bridgehead atoms. The number of sulfonamides is 1. The summed E-state index contributed by atoms with van der Waals surface area (Å²) in [6, 6.07) is 8.66. The first-order valence-corrected chi connectivity index (χ1v) is 8.77. The minimum atomic E-state index is -3.44. The number of rotatable bonds is 5. The first kappa shape index (κ1) is 15.6. The number of benzene rings is 1. The van der Waals surface area contributed by atoms with Crippen molar-refractivity contribution in [2.24, 2.45) is 0 Å². The molecule has 23 heavy (non-hydrogen) atoms. The molecule has 7 nitrogen and oxygen atoms in total. The third-order valence-corrected chi connectivity index (χ3v) is 5.77. The first-order valence-electron chi connectivity index (χ1n) is 7.33. The lowest BCUT2D eigenvalue weighted by atomic mass is 10.1. The van der Waals surface area contributed by atoms with Gasteiger partial charge in [0.25, 0.3) is 0 Å². The Balaban J connectivity index is 1.95. The summed E-state index contributed by atoms with van der Waals surface area (Å²) in [5, 5.41) is 10.4. The molecule has 0 amide bonds. The summed E-state index contributed by atoms with van der Waals surface area (Å²) < 4.78 is 26.4. The second-order valence-corrected chi connectivity index (χ2v) is 6.94. The predicted molar refractivity (Wildman–Crippen MR) is 87.2 cm³/mol. The highest BCUT2D eigenvalue weighted by molar-refractivity contribution is 7.89. The molecule has 3 rings (SSSR count). The topological polar surface area (TPSA) is 91.8 Å². The fourth-order valence-corrected chi connectivity index (χ4v) is 3.89. The van der Waals surface area contributed by atoms with Crippen molar-refractivity contribution in [1.29, 1.82) is 0 Å². The quantitative estimate of drug-likeness (QED) is 0.772. The third-order valence-electron chi connectivity index (χ3n) is 3.70. The Hall–Kier alpha value is -2.32. The van der Waals surface area contributed by atoms with Crippen molar-refractivity contribution in [1.82, 2.24) is 24.7 Å². The van der Waals surface area contributed by atoms with Crippen LogP contribution in [0.15, 0.2) is 41.4 Å². The van der Waals surface area contributed by atoms with Gasteiger partial charge in [0, 0.05) is 24.8 Å². The highest BCUT2D eigenvalue weighted by Gasteiger charge is 2.21. The van der Waals surface area contributed by atoms with Crippen LogP contribution in [0.5, 0.6) is 0 Å². The molecule has 0 saturated heterocycles. The number of nitrogens with one attached hydrogen (secondary N) is 1. The van der Waals surface area contributed by atoms with Gasteiger partial charge in [0.2, 0.25) is 15.7 Å². The molecular weight excluding hydrogens is 314 g/mol. The summed E-state index contributed by atoms with van der Waals surface area (Å²) >= 11 is 0. The molecule has 0 aliphatic rings. The van der Waals surface area contributed by atoms with Gasteiger partial charge in [0.1, 0.15) is 5.52 Å². The van der Waals surface area contributed by atoms with E-state index in [9.17, 15) is 8.42 Å². The maximum atomic E-state index is 12.5. The molecule has 0 aliphatic heterocycles. The van der Waals surface area contributed by atoms with E-state index >= 15 is 0 Å². The van der Waals surface area contributed by atoms with Gasteiger partial charge in [-0.25, -0.2) is 13.4 Å². The van der Waals surface area contributed by atoms with Gasteiger partial charge in [-0.3, -0.25) is 0 Å². The van der Waals surface area contributed by atoms with Crippen LogP contribution in [0, 0.1) is 0 Å². The Morgan fingerprint density at radius 1 is 1.04 bits per heavy atom. The van der Waals surface area contributed by atoms with Gasteiger partial charge in [-0.1, -0.05) is 26.0 Å². The average Bonchev–Trinajstić information content (AvgIpc) is 3.03. The molecule has 0 aliphatic carbocycles. The smallest absolute Gasteiger partial charge is 0.233 e. The van der Waals surface area contributed by atoms with Crippen molar-refractivity contribution in [3.63, 3.8) is 0 Å².